The Balaban J connectivity index is 2.81. The molecule has 0 aliphatic carbocycles. The van der Waals surface area contributed by atoms with E-state index >= 15 is 0 Å². The first-order valence-corrected chi connectivity index (χ1v) is 6.57. The first-order chi connectivity index (χ1) is 7.69. The van der Waals surface area contributed by atoms with Gasteiger partial charge in [-0.25, -0.2) is 0 Å². The molecule has 86 valence electrons. The summed E-state index contributed by atoms with van der Waals surface area (Å²) >= 11 is 3.17. The predicted molar refractivity (Wildman–Crippen MR) is 73.8 cm³/mol. The van der Waals surface area contributed by atoms with Crippen LogP contribution in [0.5, 0.6) is 0 Å². The van der Waals surface area contributed by atoms with Crippen LogP contribution in [-0.4, -0.2) is 38.1 Å². The van der Waals surface area contributed by atoms with E-state index in [1.54, 1.807) is 0 Å². The number of likely N-dealkylation sites (N-methyl/N-ethyl adjacent to an activating group) is 1. The van der Waals surface area contributed by atoms with Crippen molar-refractivity contribution in [1.82, 2.24) is 4.90 Å². The zero-order valence-corrected chi connectivity index (χ0v) is 11.9. The summed E-state index contributed by atoms with van der Waals surface area (Å²) in [5.74, 6) is 0. The molecule has 16 heavy (non-hydrogen) atoms. The third-order valence-electron chi connectivity index (χ3n) is 2.57. The molecule has 1 aromatic rings. The van der Waals surface area contributed by atoms with Crippen LogP contribution in [0.2, 0.25) is 0 Å². The molecule has 1 rings (SSSR count). The maximum absolute atomic E-state index is 3.17. The van der Waals surface area contributed by atoms with Gasteiger partial charge < -0.3 is 0 Å². The number of nitrogens with zero attached hydrogens (tertiary/aromatic N) is 1. The second kappa shape index (κ2) is 6.67. The number of hydrogen-bond donors (Lipinski definition) is 0. The molecule has 0 saturated heterocycles. The minimum absolute atomic E-state index is 1.04. The zero-order valence-electron chi connectivity index (χ0n) is 10.2. The molecule has 0 atom stereocenters. The van der Waals surface area contributed by atoms with Gasteiger partial charge in [0.2, 0.25) is 0 Å². The fraction of sp³-hybridized carbons (Fsp3) is 0.357. The molecule has 1 aromatic carbocycles. The first kappa shape index (κ1) is 13.2. The third kappa shape index (κ3) is 3.62. The third-order valence-corrected chi connectivity index (χ3v) is 3.79. The molecule has 1 nitrogen and oxygen atoms in total. The van der Waals surface area contributed by atoms with Crippen LogP contribution in [0.25, 0.3) is 6.08 Å². The predicted octanol–water partition coefficient (Wildman–Crippen LogP) is 2.73. The SMILES string of the molecule is CCN(CC)C(=[Se])/C(C)=C/c1ccccc1. The second-order valence-corrected chi connectivity index (χ2v) is 4.53. The van der Waals surface area contributed by atoms with Crippen molar-refractivity contribution in [3.05, 3.63) is 41.5 Å². The van der Waals surface area contributed by atoms with Crippen molar-refractivity contribution >= 4 is 26.2 Å². The van der Waals surface area contributed by atoms with Crippen LogP contribution >= 0.6 is 0 Å². The van der Waals surface area contributed by atoms with Crippen LogP contribution in [0.4, 0.5) is 0 Å². The van der Waals surface area contributed by atoms with E-state index in [2.05, 4.69) is 71.6 Å². The average Bonchev–Trinajstić information content (AvgIpc) is 2.31. The summed E-state index contributed by atoms with van der Waals surface area (Å²) < 4.78 is 1.24. The number of rotatable bonds is 5. The first-order valence-electron chi connectivity index (χ1n) is 5.71. The minimum atomic E-state index is 1.04. The summed E-state index contributed by atoms with van der Waals surface area (Å²) in [6.07, 6.45) is 2.21. The average molecular weight is 280 g/mol. The Morgan fingerprint density at radius 2 is 1.75 bits per heavy atom. The maximum atomic E-state index is 3.17. The van der Waals surface area contributed by atoms with E-state index in [0.29, 0.717) is 0 Å². The van der Waals surface area contributed by atoms with Crippen molar-refractivity contribution in [3.8, 4) is 0 Å². The molecule has 0 N–H and O–H groups in total. The summed E-state index contributed by atoms with van der Waals surface area (Å²) in [6, 6.07) is 10.4. The molecule has 0 saturated carbocycles. The van der Waals surface area contributed by atoms with E-state index in [1.807, 2.05) is 6.07 Å². The molecule has 0 aromatic heterocycles. The van der Waals surface area contributed by atoms with Crippen LogP contribution < -0.4 is 0 Å². The van der Waals surface area contributed by atoms with E-state index < -0.39 is 0 Å². The fourth-order valence-corrected chi connectivity index (χ4v) is 2.29. The van der Waals surface area contributed by atoms with E-state index in [0.717, 1.165) is 13.1 Å². The van der Waals surface area contributed by atoms with Gasteiger partial charge in [-0.15, -0.1) is 0 Å². The molecule has 0 radical (unpaired) electrons. The van der Waals surface area contributed by atoms with Crippen molar-refractivity contribution < 1.29 is 0 Å². The summed E-state index contributed by atoms with van der Waals surface area (Å²) in [6.45, 7) is 8.59. The second-order valence-electron chi connectivity index (χ2n) is 3.72. The summed E-state index contributed by atoms with van der Waals surface area (Å²) in [5.41, 5.74) is 2.54. The molecule has 0 aliphatic rings. The van der Waals surface area contributed by atoms with Crippen molar-refractivity contribution in [1.29, 1.82) is 0 Å². The van der Waals surface area contributed by atoms with Gasteiger partial charge in [-0.05, 0) is 0 Å². The van der Waals surface area contributed by atoms with Gasteiger partial charge in [0.1, 0.15) is 0 Å². The van der Waals surface area contributed by atoms with E-state index in [4.69, 9.17) is 0 Å². The molecule has 0 unspecified atom stereocenters. The van der Waals surface area contributed by atoms with Crippen LogP contribution in [0.3, 0.4) is 0 Å². The van der Waals surface area contributed by atoms with Gasteiger partial charge in [-0.1, -0.05) is 0 Å². The quantitative estimate of drug-likeness (QED) is 0.750. The van der Waals surface area contributed by atoms with Gasteiger partial charge in [0.05, 0.1) is 0 Å². The van der Waals surface area contributed by atoms with Crippen LogP contribution in [0.1, 0.15) is 26.3 Å². The van der Waals surface area contributed by atoms with E-state index in [9.17, 15) is 0 Å². The Morgan fingerprint density at radius 3 is 2.25 bits per heavy atom. The van der Waals surface area contributed by atoms with E-state index in [1.165, 1.54) is 15.7 Å². The molecule has 0 fully saturated rings. The Labute approximate surface area is 107 Å². The van der Waals surface area contributed by atoms with Gasteiger partial charge >= 0.3 is 106 Å². The molecule has 2 heteroatoms. The Morgan fingerprint density at radius 1 is 1.19 bits per heavy atom. The molecule has 0 bridgehead atoms. The topological polar surface area (TPSA) is 3.24 Å². The van der Waals surface area contributed by atoms with Crippen molar-refractivity contribution in [2.75, 3.05) is 13.1 Å². The standard InChI is InChI=1S/C14H19NSe/c1-4-15(5-2)14(16)12(3)11-13-9-7-6-8-10-13/h6-11H,4-5H2,1-3H3/b12-11+. The van der Waals surface area contributed by atoms with Gasteiger partial charge in [0.15, 0.2) is 0 Å². The zero-order chi connectivity index (χ0) is 12.0. The number of hydrogen-bond acceptors (Lipinski definition) is 1. The van der Waals surface area contributed by atoms with Gasteiger partial charge in [-0.3, -0.25) is 0 Å². The fourth-order valence-electron chi connectivity index (χ4n) is 1.62. The van der Waals surface area contributed by atoms with Crippen LogP contribution in [0.15, 0.2) is 35.9 Å². The van der Waals surface area contributed by atoms with Gasteiger partial charge in [-0.2, -0.15) is 0 Å². The van der Waals surface area contributed by atoms with E-state index in [-0.39, 0.29) is 0 Å². The number of benzene rings is 1. The van der Waals surface area contributed by atoms with Crippen molar-refractivity contribution in [2.45, 2.75) is 20.8 Å². The molecule has 0 amide bonds. The molecular weight excluding hydrogens is 261 g/mol. The molecular formula is C14H19NSe. The monoisotopic (exact) mass is 281 g/mol. The molecule has 0 spiro atoms. The van der Waals surface area contributed by atoms with Crippen molar-refractivity contribution in [2.24, 2.45) is 0 Å². The Hall–Kier alpha value is -0.851. The Bertz CT molecular complexity index is 364. The molecule has 0 heterocycles. The summed E-state index contributed by atoms with van der Waals surface area (Å²) in [7, 11) is 0. The van der Waals surface area contributed by atoms with Crippen LogP contribution in [-0.2, 0) is 0 Å². The summed E-state index contributed by atoms with van der Waals surface area (Å²) in [5, 5.41) is 0. The van der Waals surface area contributed by atoms with Crippen LogP contribution in [0, 0.1) is 0 Å². The van der Waals surface area contributed by atoms with Gasteiger partial charge in [0, 0.05) is 0 Å². The van der Waals surface area contributed by atoms with Crippen molar-refractivity contribution in [3.63, 3.8) is 0 Å². The molecule has 0 aliphatic heterocycles. The normalized spacial score (nSPS) is 11.3. The summed E-state index contributed by atoms with van der Waals surface area (Å²) in [4.78, 5) is 2.33. The Kier molecular flexibility index (Phi) is 5.51. The van der Waals surface area contributed by atoms with Gasteiger partial charge in [0.25, 0.3) is 0 Å².